The maximum Gasteiger partial charge on any atom is 0.0589 e. The Labute approximate surface area is 120 Å². The molecule has 1 saturated carbocycles. The highest BCUT2D eigenvalue weighted by Crippen LogP contribution is 2.40. The molecule has 0 radical (unpaired) electrons. The van der Waals surface area contributed by atoms with Crippen molar-refractivity contribution < 1.29 is 4.74 Å². The van der Waals surface area contributed by atoms with Crippen molar-refractivity contribution in [3.63, 3.8) is 0 Å². The van der Waals surface area contributed by atoms with Gasteiger partial charge in [0.15, 0.2) is 0 Å². The van der Waals surface area contributed by atoms with Crippen LogP contribution in [0.5, 0.6) is 0 Å². The third-order valence-electron chi connectivity index (χ3n) is 4.39. The average Bonchev–Trinajstić information content (AvgIpc) is 2.61. The summed E-state index contributed by atoms with van der Waals surface area (Å²) < 4.78 is 5.30. The summed E-state index contributed by atoms with van der Waals surface area (Å²) in [6, 6.07) is 1.26. The SMILES string of the molecule is CCNC1C(N(CCOC)CC(C)C)CCC1(C)C. The Morgan fingerprint density at radius 2 is 2.05 bits per heavy atom. The van der Waals surface area contributed by atoms with Crippen LogP contribution in [0.2, 0.25) is 0 Å². The molecular weight excluding hydrogens is 236 g/mol. The van der Waals surface area contributed by atoms with Gasteiger partial charge >= 0.3 is 0 Å². The number of methoxy groups -OCH3 is 1. The maximum absolute atomic E-state index is 5.30. The van der Waals surface area contributed by atoms with E-state index in [1.54, 1.807) is 7.11 Å². The smallest absolute Gasteiger partial charge is 0.0589 e. The molecule has 1 rings (SSSR count). The Morgan fingerprint density at radius 3 is 2.58 bits per heavy atom. The molecule has 0 aliphatic heterocycles. The Morgan fingerprint density at radius 1 is 1.37 bits per heavy atom. The minimum absolute atomic E-state index is 0.406. The number of nitrogens with zero attached hydrogens (tertiary/aromatic N) is 1. The first-order valence-electron chi connectivity index (χ1n) is 7.88. The van der Waals surface area contributed by atoms with Crippen LogP contribution in [0.4, 0.5) is 0 Å². The van der Waals surface area contributed by atoms with Gasteiger partial charge in [0, 0.05) is 32.3 Å². The van der Waals surface area contributed by atoms with Crippen molar-refractivity contribution in [2.45, 2.75) is 59.5 Å². The molecule has 2 unspecified atom stereocenters. The Balaban J connectivity index is 2.75. The zero-order chi connectivity index (χ0) is 14.5. The summed E-state index contributed by atoms with van der Waals surface area (Å²) in [5.41, 5.74) is 0.406. The van der Waals surface area contributed by atoms with Crippen LogP contribution < -0.4 is 5.32 Å². The van der Waals surface area contributed by atoms with Gasteiger partial charge in [-0.05, 0) is 30.7 Å². The number of ether oxygens (including phenoxy) is 1. The van der Waals surface area contributed by atoms with Crippen LogP contribution in [0, 0.1) is 11.3 Å². The van der Waals surface area contributed by atoms with E-state index in [0.717, 1.165) is 19.7 Å². The third kappa shape index (κ3) is 4.73. The van der Waals surface area contributed by atoms with E-state index in [2.05, 4.69) is 44.8 Å². The Hall–Kier alpha value is -0.120. The van der Waals surface area contributed by atoms with Crippen molar-refractivity contribution in [1.29, 1.82) is 0 Å². The largest absolute Gasteiger partial charge is 0.383 e. The molecule has 1 aliphatic rings. The molecule has 0 aromatic heterocycles. The Bertz CT molecular complexity index is 253. The van der Waals surface area contributed by atoms with Crippen molar-refractivity contribution in [2.24, 2.45) is 11.3 Å². The summed E-state index contributed by atoms with van der Waals surface area (Å²) >= 11 is 0. The van der Waals surface area contributed by atoms with Crippen LogP contribution in [0.15, 0.2) is 0 Å². The van der Waals surface area contributed by atoms with Gasteiger partial charge in [0.05, 0.1) is 6.61 Å². The van der Waals surface area contributed by atoms with E-state index in [0.29, 0.717) is 23.4 Å². The summed E-state index contributed by atoms with van der Waals surface area (Å²) in [7, 11) is 1.80. The van der Waals surface area contributed by atoms with Crippen molar-refractivity contribution in [3.8, 4) is 0 Å². The standard InChI is InChI=1S/C16H34N2O/c1-7-17-15-14(8-9-16(15,4)5)18(10-11-19-6)12-13(2)3/h13-15,17H,7-12H2,1-6H3. The molecule has 0 heterocycles. The second-order valence-electron chi connectivity index (χ2n) is 7.01. The fourth-order valence-electron chi connectivity index (χ4n) is 3.46. The average molecular weight is 270 g/mol. The lowest BCUT2D eigenvalue weighted by molar-refractivity contribution is 0.0897. The first-order chi connectivity index (χ1) is 8.92. The zero-order valence-electron chi connectivity index (χ0n) is 13.8. The zero-order valence-corrected chi connectivity index (χ0v) is 13.8. The summed E-state index contributed by atoms with van der Waals surface area (Å²) in [5, 5.41) is 3.73. The number of hydrogen-bond acceptors (Lipinski definition) is 3. The fourth-order valence-corrected chi connectivity index (χ4v) is 3.46. The third-order valence-corrected chi connectivity index (χ3v) is 4.39. The quantitative estimate of drug-likeness (QED) is 0.734. The maximum atomic E-state index is 5.30. The van der Waals surface area contributed by atoms with Crippen LogP contribution >= 0.6 is 0 Å². The second-order valence-corrected chi connectivity index (χ2v) is 7.01. The van der Waals surface area contributed by atoms with Gasteiger partial charge in [-0.3, -0.25) is 4.90 Å². The van der Waals surface area contributed by atoms with Gasteiger partial charge in [-0.1, -0.05) is 34.6 Å². The topological polar surface area (TPSA) is 24.5 Å². The van der Waals surface area contributed by atoms with Gasteiger partial charge in [-0.15, -0.1) is 0 Å². The summed E-state index contributed by atoms with van der Waals surface area (Å²) in [4.78, 5) is 2.65. The van der Waals surface area contributed by atoms with E-state index in [1.807, 2.05) is 0 Å². The fraction of sp³-hybridized carbons (Fsp3) is 1.00. The van der Waals surface area contributed by atoms with Crippen LogP contribution in [0.1, 0.15) is 47.5 Å². The van der Waals surface area contributed by atoms with E-state index < -0.39 is 0 Å². The van der Waals surface area contributed by atoms with Crippen LogP contribution in [-0.2, 0) is 4.74 Å². The lowest BCUT2D eigenvalue weighted by atomic mass is 9.86. The molecule has 1 N–H and O–H groups in total. The van der Waals surface area contributed by atoms with Gasteiger partial charge in [0.25, 0.3) is 0 Å². The number of nitrogens with one attached hydrogen (secondary N) is 1. The van der Waals surface area contributed by atoms with E-state index in [1.165, 1.54) is 19.4 Å². The highest BCUT2D eigenvalue weighted by atomic mass is 16.5. The molecule has 0 spiro atoms. The normalized spacial score (nSPS) is 26.5. The van der Waals surface area contributed by atoms with Crippen LogP contribution in [-0.4, -0.2) is 50.3 Å². The Kier molecular flexibility index (Phi) is 6.78. The lowest BCUT2D eigenvalue weighted by Crippen LogP contribution is -2.53. The van der Waals surface area contributed by atoms with E-state index in [-0.39, 0.29) is 0 Å². The van der Waals surface area contributed by atoms with E-state index in [4.69, 9.17) is 4.74 Å². The summed E-state index contributed by atoms with van der Waals surface area (Å²) in [5.74, 6) is 0.711. The predicted molar refractivity (Wildman–Crippen MR) is 82.6 cm³/mol. The first kappa shape index (κ1) is 16.9. The van der Waals surface area contributed by atoms with Crippen molar-refractivity contribution in [1.82, 2.24) is 10.2 Å². The first-order valence-corrected chi connectivity index (χ1v) is 7.88. The molecule has 0 bridgehead atoms. The molecule has 19 heavy (non-hydrogen) atoms. The molecule has 3 nitrogen and oxygen atoms in total. The molecule has 1 aliphatic carbocycles. The van der Waals surface area contributed by atoms with Crippen LogP contribution in [0.25, 0.3) is 0 Å². The number of likely N-dealkylation sites (N-methyl/N-ethyl adjacent to an activating group) is 1. The van der Waals surface area contributed by atoms with Crippen LogP contribution in [0.3, 0.4) is 0 Å². The predicted octanol–water partition coefficient (Wildman–Crippen LogP) is 2.76. The van der Waals surface area contributed by atoms with E-state index >= 15 is 0 Å². The van der Waals surface area contributed by atoms with Gasteiger partial charge in [-0.25, -0.2) is 0 Å². The highest BCUT2D eigenvalue weighted by Gasteiger charge is 2.43. The molecule has 1 fully saturated rings. The van der Waals surface area contributed by atoms with E-state index in [9.17, 15) is 0 Å². The minimum atomic E-state index is 0.406. The van der Waals surface area contributed by atoms with Gasteiger partial charge in [-0.2, -0.15) is 0 Å². The highest BCUT2D eigenvalue weighted by molar-refractivity contribution is 5.01. The van der Waals surface area contributed by atoms with Crippen molar-refractivity contribution in [3.05, 3.63) is 0 Å². The van der Waals surface area contributed by atoms with Gasteiger partial charge in [0.2, 0.25) is 0 Å². The molecule has 0 aromatic carbocycles. The molecule has 0 aromatic rings. The molecule has 3 heteroatoms. The van der Waals surface area contributed by atoms with Gasteiger partial charge in [0.1, 0.15) is 0 Å². The molecule has 114 valence electrons. The molecule has 2 atom stereocenters. The summed E-state index contributed by atoms with van der Waals surface area (Å²) in [6.07, 6.45) is 2.62. The monoisotopic (exact) mass is 270 g/mol. The molecule has 0 saturated heterocycles. The lowest BCUT2D eigenvalue weighted by Gasteiger charge is -2.38. The molecular formula is C16H34N2O. The minimum Gasteiger partial charge on any atom is -0.383 e. The van der Waals surface area contributed by atoms with Crippen molar-refractivity contribution >= 4 is 0 Å². The number of rotatable bonds is 8. The van der Waals surface area contributed by atoms with Gasteiger partial charge < -0.3 is 10.1 Å². The second kappa shape index (κ2) is 7.61. The number of hydrogen-bond donors (Lipinski definition) is 1. The molecule has 0 amide bonds. The van der Waals surface area contributed by atoms with Crippen molar-refractivity contribution in [2.75, 3.05) is 33.4 Å². The summed E-state index contributed by atoms with van der Waals surface area (Å²) in [6.45, 7) is 15.8.